The zero-order valence-electron chi connectivity index (χ0n) is 15.1. The van der Waals surface area contributed by atoms with Gasteiger partial charge in [-0.05, 0) is 36.2 Å². The molecular formula is C21H18F2N2O3. The molecule has 3 rings (SSSR count). The Balaban J connectivity index is 1.78. The first-order chi connectivity index (χ1) is 13.3. The van der Waals surface area contributed by atoms with E-state index < -0.39 is 29.4 Å². The number of Topliss-reactive ketones (excluding diaryl/α,β-unsaturated/α-hetero) is 1. The molecule has 0 bridgehead atoms. The van der Waals surface area contributed by atoms with E-state index in [9.17, 15) is 23.5 Å². The van der Waals surface area contributed by atoms with E-state index in [1.165, 1.54) is 24.3 Å². The number of phenolic OH excluding ortho intramolecular Hbond substituents is 1. The number of carbonyl (C=O) groups is 2. The van der Waals surface area contributed by atoms with Gasteiger partial charge in [0.15, 0.2) is 0 Å². The number of nitrogens with zero attached hydrogens (tertiary/aromatic N) is 1. The molecule has 2 aromatic carbocycles. The molecule has 144 valence electrons. The third kappa shape index (κ3) is 3.86. The highest BCUT2D eigenvalue weighted by Gasteiger charge is 2.39. The molecule has 1 amide bonds. The minimum absolute atomic E-state index is 0.0544. The van der Waals surface area contributed by atoms with E-state index >= 15 is 0 Å². The lowest BCUT2D eigenvalue weighted by Crippen LogP contribution is -2.23. The van der Waals surface area contributed by atoms with Gasteiger partial charge in [0, 0.05) is 30.9 Å². The predicted molar refractivity (Wildman–Crippen MR) is 98.0 cm³/mol. The first-order valence-electron chi connectivity index (χ1n) is 8.74. The molecule has 1 saturated heterocycles. The van der Waals surface area contributed by atoms with Gasteiger partial charge in [0.25, 0.3) is 0 Å². The topological polar surface area (TPSA) is 70.8 Å². The van der Waals surface area contributed by atoms with Crippen molar-refractivity contribution >= 4 is 17.4 Å². The number of amides is 1. The van der Waals surface area contributed by atoms with Gasteiger partial charge < -0.3 is 10.4 Å². The SMILES string of the molecule is [C-]#[N+]c1ccc(CC(=O)C[C@@H]2C(=O)NC[C@H]2c2c(F)cc(C)cc2F)cc1O. The lowest BCUT2D eigenvalue weighted by Gasteiger charge is -2.18. The van der Waals surface area contributed by atoms with Crippen LogP contribution in [-0.4, -0.2) is 23.3 Å². The first kappa shape index (κ1) is 19.5. The molecule has 0 saturated carbocycles. The van der Waals surface area contributed by atoms with Crippen molar-refractivity contribution in [2.75, 3.05) is 6.54 Å². The fraction of sp³-hybridized carbons (Fsp3) is 0.286. The standard InChI is InChI=1S/C21H18F2N2O3/c1-11-5-16(22)20(17(23)6-11)15-10-25-21(28)14(15)9-13(26)7-12-3-4-18(24-2)19(27)8-12/h3-6,8,14-15,27H,7,9-10H2,1H3,(H,25,28)/t14-,15+/m0/s1. The van der Waals surface area contributed by atoms with Crippen molar-refractivity contribution in [2.45, 2.75) is 25.7 Å². The van der Waals surface area contributed by atoms with Gasteiger partial charge in [-0.2, -0.15) is 0 Å². The van der Waals surface area contributed by atoms with E-state index in [2.05, 4.69) is 10.2 Å². The second kappa shape index (κ2) is 7.77. The number of carbonyl (C=O) groups excluding carboxylic acids is 2. The van der Waals surface area contributed by atoms with Crippen LogP contribution in [0.15, 0.2) is 30.3 Å². The average Bonchev–Trinajstić information content (AvgIpc) is 2.95. The van der Waals surface area contributed by atoms with Crippen molar-refractivity contribution in [1.82, 2.24) is 5.32 Å². The fourth-order valence-corrected chi connectivity index (χ4v) is 3.59. The van der Waals surface area contributed by atoms with Crippen LogP contribution in [0.4, 0.5) is 14.5 Å². The van der Waals surface area contributed by atoms with Crippen LogP contribution in [0.1, 0.15) is 29.0 Å². The molecule has 0 aliphatic carbocycles. The lowest BCUT2D eigenvalue weighted by atomic mass is 9.83. The van der Waals surface area contributed by atoms with Crippen molar-refractivity contribution < 1.29 is 23.5 Å². The summed E-state index contributed by atoms with van der Waals surface area (Å²) in [5, 5.41) is 12.3. The molecule has 1 aliphatic heterocycles. The van der Waals surface area contributed by atoms with E-state index in [1.54, 1.807) is 13.0 Å². The number of hydrogen-bond acceptors (Lipinski definition) is 3. The van der Waals surface area contributed by atoms with E-state index in [1.807, 2.05) is 0 Å². The summed E-state index contributed by atoms with van der Waals surface area (Å²) in [5.41, 5.74) is 0.835. The Morgan fingerprint density at radius 2 is 1.96 bits per heavy atom. The number of aryl methyl sites for hydroxylation is 1. The van der Waals surface area contributed by atoms with Gasteiger partial charge in [-0.15, -0.1) is 0 Å². The van der Waals surface area contributed by atoms with Crippen LogP contribution in [-0.2, 0) is 16.0 Å². The molecule has 2 aromatic rings. The van der Waals surface area contributed by atoms with Crippen molar-refractivity contribution in [3.8, 4) is 5.75 Å². The summed E-state index contributed by atoms with van der Waals surface area (Å²) >= 11 is 0. The number of benzene rings is 2. The number of rotatable bonds is 5. The summed E-state index contributed by atoms with van der Waals surface area (Å²) in [6, 6.07) is 6.71. The lowest BCUT2D eigenvalue weighted by molar-refractivity contribution is -0.127. The Morgan fingerprint density at radius 1 is 1.29 bits per heavy atom. The van der Waals surface area contributed by atoms with Crippen molar-refractivity contribution in [3.05, 3.63) is 70.1 Å². The van der Waals surface area contributed by atoms with Gasteiger partial charge in [0.2, 0.25) is 11.6 Å². The maximum absolute atomic E-state index is 14.3. The fourth-order valence-electron chi connectivity index (χ4n) is 3.59. The molecule has 0 spiro atoms. The molecule has 0 radical (unpaired) electrons. The van der Waals surface area contributed by atoms with Crippen LogP contribution < -0.4 is 5.32 Å². The summed E-state index contributed by atoms with van der Waals surface area (Å²) in [5.74, 6) is -4.02. The second-order valence-corrected chi connectivity index (χ2v) is 6.95. The van der Waals surface area contributed by atoms with Crippen LogP contribution in [0.25, 0.3) is 4.85 Å². The number of ketones is 1. The first-order valence-corrected chi connectivity index (χ1v) is 8.74. The third-order valence-electron chi connectivity index (χ3n) is 4.92. The van der Waals surface area contributed by atoms with Gasteiger partial charge in [-0.3, -0.25) is 9.59 Å². The van der Waals surface area contributed by atoms with Crippen LogP contribution in [0.3, 0.4) is 0 Å². The molecule has 1 heterocycles. The zero-order valence-corrected chi connectivity index (χ0v) is 15.1. The molecule has 2 atom stereocenters. The smallest absolute Gasteiger partial charge is 0.227 e. The maximum atomic E-state index is 14.3. The molecule has 28 heavy (non-hydrogen) atoms. The summed E-state index contributed by atoms with van der Waals surface area (Å²) in [6.45, 7) is 8.55. The highest BCUT2D eigenvalue weighted by atomic mass is 19.1. The summed E-state index contributed by atoms with van der Waals surface area (Å²) in [4.78, 5) is 27.8. The van der Waals surface area contributed by atoms with Gasteiger partial charge in [0.05, 0.1) is 12.5 Å². The second-order valence-electron chi connectivity index (χ2n) is 6.95. The Morgan fingerprint density at radius 3 is 2.57 bits per heavy atom. The normalized spacial score (nSPS) is 18.6. The average molecular weight is 384 g/mol. The summed E-state index contributed by atoms with van der Waals surface area (Å²) in [6.07, 6.45) is -0.226. The zero-order chi connectivity index (χ0) is 20.4. The van der Waals surface area contributed by atoms with Crippen LogP contribution in [0.2, 0.25) is 0 Å². The Kier molecular flexibility index (Phi) is 5.41. The molecule has 1 aliphatic rings. The minimum atomic E-state index is -0.865. The predicted octanol–water partition coefficient (Wildman–Crippen LogP) is 3.56. The van der Waals surface area contributed by atoms with Gasteiger partial charge >= 0.3 is 0 Å². The van der Waals surface area contributed by atoms with E-state index in [0.29, 0.717) is 11.1 Å². The largest absolute Gasteiger partial charge is 0.519 e. The molecule has 1 fully saturated rings. The molecule has 5 nitrogen and oxygen atoms in total. The van der Waals surface area contributed by atoms with Crippen molar-refractivity contribution in [2.24, 2.45) is 5.92 Å². The van der Waals surface area contributed by atoms with Gasteiger partial charge in [-0.25, -0.2) is 13.6 Å². The van der Waals surface area contributed by atoms with E-state index in [-0.39, 0.29) is 42.2 Å². The quantitative estimate of drug-likeness (QED) is 0.775. The van der Waals surface area contributed by atoms with Crippen molar-refractivity contribution in [1.29, 1.82) is 0 Å². The molecule has 7 heteroatoms. The van der Waals surface area contributed by atoms with Crippen LogP contribution in [0, 0.1) is 31.0 Å². The molecule has 0 unspecified atom stereocenters. The van der Waals surface area contributed by atoms with E-state index in [4.69, 9.17) is 6.57 Å². The van der Waals surface area contributed by atoms with Crippen LogP contribution >= 0.6 is 0 Å². The molecular weight excluding hydrogens is 366 g/mol. The third-order valence-corrected chi connectivity index (χ3v) is 4.92. The number of phenols is 1. The highest BCUT2D eigenvalue weighted by molar-refractivity contribution is 5.90. The monoisotopic (exact) mass is 384 g/mol. The Labute approximate surface area is 160 Å². The number of halogens is 2. The molecule has 0 aromatic heterocycles. The Hall–Kier alpha value is -3.27. The van der Waals surface area contributed by atoms with Gasteiger partial charge in [-0.1, -0.05) is 12.1 Å². The number of aromatic hydroxyl groups is 1. The minimum Gasteiger partial charge on any atom is -0.519 e. The molecule has 2 N–H and O–H groups in total. The maximum Gasteiger partial charge on any atom is 0.227 e. The number of nitrogens with one attached hydrogen (secondary N) is 1. The highest BCUT2D eigenvalue weighted by Crippen LogP contribution is 2.35. The summed E-state index contributed by atoms with van der Waals surface area (Å²) in [7, 11) is 0. The van der Waals surface area contributed by atoms with Crippen molar-refractivity contribution in [3.63, 3.8) is 0 Å². The summed E-state index contributed by atoms with van der Waals surface area (Å²) < 4.78 is 28.7. The Bertz CT molecular complexity index is 975. The van der Waals surface area contributed by atoms with E-state index in [0.717, 1.165) is 0 Å². The number of hydrogen-bond donors (Lipinski definition) is 2. The van der Waals surface area contributed by atoms with Gasteiger partial charge in [0.1, 0.15) is 23.2 Å². The van der Waals surface area contributed by atoms with Crippen LogP contribution in [0.5, 0.6) is 5.75 Å².